The molecule has 7 nitrogen and oxygen atoms in total. The van der Waals surface area contributed by atoms with Gasteiger partial charge in [0.2, 0.25) is 12.7 Å². The summed E-state index contributed by atoms with van der Waals surface area (Å²) in [5.74, 6) is 3.56. The van der Waals surface area contributed by atoms with Gasteiger partial charge >= 0.3 is 0 Å². The van der Waals surface area contributed by atoms with Crippen LogP contribution in [0.5, 0.6) is 17.2 Å². The number of nitrogens with one attached hydrogen (secondary N) is 1. The lowest BCUT2D eigenvalue weighted by molar-refractivity contribution is -0.124. The van der Waals surface area contributed by atoms with Crippen molar-refractivity contribution in [3.63, 3.8) is 0 Å². The minimum Gasteiger partial charge on any atom is -0.493 e. The van der Waals surface area contributed by atoms with Crippen molar-refractivity contribution in [2.45, 2.75) is 88.5 Å². The molecule has 2 aromatic carbocycles. The number of benzene rings is 2. The molecule has 7 rings (SSSR count). The summed E-state index contributed by atoms with van der Waals surface area (Å²) in [4.78, 5) is 17.7. The third-order valence-electron chi connectivity index (χ3n) is 10.8. The van der Waals surface area contributed by atoms with Gasteiger partial charge in [0.25, 0.3) is 0 Å². The first kappa shape index (κ1) is 29.3. The number of primary amides is 1. The third kappa shape index (κ3) is 5.17. The van der Waals surface area contributed by atoms with E-state index in [9.17, 15) is 4.79 Å². The van der Waals surface area contributed by atoms with Gasteiger partial charge in [0.05, 0.1) is 6.61 Å². The number of carbonyl (C=O) groups is 1. The Labute approximate surface area is 264 Å². The summed E-state index contributed by atoms with van der Waals surface area (Å²) >= 11 is 6.27. The highest BCUT2D eigenvalue weighted by Crippen LogP contribution is 2.58. The zero-order chi connectivity index (χ0) is 30.5. The number of halogens is 1. The molecule has 1 amide bonds. The highest BCUT2D eigenvalue weighted by molar-refractivity contribution is 6.30. The molecule has 0 bridgehead atoms. The number of hydrogen-bond acceptors (Lipinski definition) is 6. The number of fused-ring (bicyclic) bond motifs is 4. The summed E-state index contributed by atoms with van der Waals surface area (Å²) in [5.41, 5.74) is 11.2. The quantitative estimate of drug-likeness (QED) is 0.275. The molecule has 1 aromatic heterocycles. The molecular weight excluding hydrogens is 574 g/mol. The monoisotopic (exact) mass is 615 g/mol. The first-order valence-corrected chi connectivity index (χ1v) is 16.5. The average Bonchev–Trinajstić information content (AvgIpc) is 3.58. The first-order chi connectivity index (χ1) is 21.3. The van der Waals surface area contributed by atoms with Crippen LogP contribution in [0.4, 0.5) is 5.69 Å². The molecule has 1 saturated carbocycles. The fraction of sp³-hybridized carbons (Fsp3) is 0.500. The Morgan fingerprint density at radius 3 is 2.73 bits per heavy atom. The van der Waals surface area contributed by atoms with Crippen LogP contribution in [0.2, 0.25) is 5.02 Å². The van der Waals surface area contributed by atoms with Crippen LogP contribution in [0, 0.1) is 11.8 Å². The van der Waals surface area contributed by atoms with Crippen molar-refractivity contribution in [1.29, 1.82) is 0 Å². The van der Waals surface area contributed by atoms with Crippen molar-refractivity contribution < 1.29 is 19.0 Å². The van der Waals surface area contributed by atoms with E-state index in [1.807, 2.05) is 36.5 Å². The molecule has 1 aliphatic heterocycles. The Morgan fingerprint density at radius 1 is 1.16 bits per heavy atom. The molecule has 44 heavy (non-hydrogen) atoms. The van der Waals surface area contributed by atoms with E-state index in [1.54, 1.807) is 0 Å². The molecular formula is C36H42ClN3O4. The Bertz CT molecular complexity index is 1570. The molecule has 0 radical (unpaired) electrons. The number of nitrogens with zero attached hydrogens (tertiary/aromatic N) is 1. The Morgan fingerprint density at radius 2 is 1.95 bits per heavy atom. The highest BCUT2D eigenvalue weighted by Gasteiger charge is 2.54. The van der Waals surface area contributed by atoms with Crippen molar-refractivity contribution in [1.82, 2.24) is 4.98 Å². The minimum atomic E-state index is -0.828. The number of aryl methyl sites for hydroxylation is 1. The number of hydrogen-bond donors (Lipinski definition) is 2. The topological polar surface area (TPSA) is 95.7 Å². The zero-order valence-electron chi connectivity index (χ0n) is 25.7. The largest absolute Gasteiger partial charge is 0.493 e. The van der Waals surface area contributed by atoms with Crippen LogP contribution < -0.4 is 25.3 Å². The average molecular weight is 616 g/mol. The maximum atomic E-state index is 13.0. The van der Waals surface area contributed by atoms with Gasteiger partial charge in [-0.1, -0.05) is 31.5 Å². The Hall–Kier alpha value is -3.45. The molecule has 232 valence electrons. The molecule has 1 unspecified atom stereocenters. The van der Waals surface area contributed by atoms with Gasteiger partial charge in [0.15, 0.2) is 11.5 Å². The summed E-state index contributed by atoms with van der Waals surface area (Å²) < 4.78 is 18.2. The second kappa shape index (κ2) is 11.5. The maximum absolute atomic E-state index is 13.0. The van der Waals surface area contributed by atoms with E-state index in [-0.39, 0.29) is 18.1 Å². The number of carbonyl (C=O) groups excluding carboxylic acids is 1. The number of pyridine rings is 1. The van der Waals surface area contributed by atoms with Crippen LogP contribution in [0.3, 0.4) is 0 Å². The smallest absolute Gasteiger partial charge is 0.243 e. The van der Waals surface area contributed by atoms with E-state index in [1.165, 1.54) is 35.2 Å². The Kier molecular flexibility index (Phi) is 7.64. The third-order valence-corrected chi connectivity index (χ3v) is 11.1. The van der Waals surface area contributed by atoms with Crippen LogP contribution in [0.25, 0.3) is 0 Å². The molecule has 3 atom stereocenters. The first-order valence-electron chi connectivity index (χ1n) is 16.1. The molecule has 3 N–H and O–H groups in total. The normalized spacial score (nSPS) is 27.4. The second-order valence-corrected chi connectivity index (χ2v) is 14.1. The lowest BCUT2D eigenvalue weighted by Gasteiger charge is -2.48. The summed E-state index contributed by atoms with van der Waals surface area (Å²) in [7, 11) is 0. The van der Waals surface area contributed by atoms with Crippen molar-refractivity contribution in [2.24, 2.45) is 17.6 Å². The molecule has 4 aliphatic rings. The number of aromatic nitrogens is 1. The van der Waals surface area contributed by atoms with E-state index in [0.29, 0.717) is 42.2 Å². The molecule has 8 heteroatoms. The molecule has 3 aromatic rings. The second-order valence-electron chi connectivity index (χ2n) is 13.6. The van der Waals surface area contributed by atoms with Gasteiger partial charge in [-0.3, -0.25) is 9.78 Å². The fourth-order valence-corrected chi connectivity index (χ4v) is 8.73. The van der Waals surface area contributed by atoms with Gasteiger partial charge in [-0.2, -0.15) is 0 Å². The maximum Gasteiger partial charge on any atom is 0.243 e. The van der Waals surface area contributed by atoms with Crippen LogP contribution in [0.1, 0.15) is 87.1 Å². The number of nitrogens with two attached hydrogens (primary N) is 1. The summed E-state index contributed by atoms with van der Waals surface area (Å²) in [6, 6.07) is 14.0. The Balaban J connectivity index is 1.13. The molecule has 0 saturated heterocycles. The van der Waals surface area contributed by atoms with Crippen molar-refractivity contribution in [3.05, 3.63) is 76.1 Å². The number of ether oxygens (including phenoxy) is 3. The lowest BCUT2D eigenvalue weighted by atomic mass is 9.59. The molecule has 1 spiro atoms. The lowest BCUT2D eigenvalue weighted by Crippen LogP contribution is -2.55. The number of anilines is 1. The zero-order valence-corrected chi connectivity index (χ0v) is 26.4. The van der Waals surface area contributed by atoms with E-state index in [4.69, 9.17) is 31.5 Å². The number of rotatable bonds is 8. The standard InChI is InChI=1S/C36H42ClN3O4/c1-22(20-42-30-9-14-39-29-8-3-5-23(2)33(29)30)15-25-16-24-17-31-32(44-21-43-31)19-28(24)35(25)10-12-36(13-11-35,34(38)41)40-27-7-4-6-26(37)18-27/h4,6-7,9,14,17-19,22-23,25,40H,3,5,8,10-13,15-16,20-21H2,1-2H3,(H2,38,41)/t22-,23-,25?,35?,36?/m1/s1. The van der Waals surface area contributed by atoms with Gasteiger partial charge in [-0.15, -0.1) is 0 Å². The van der Waals surface area contributed by atoms with Gasteiger partial charge in [-0.25, -0.2) is 0 Å². The summed E-state index contributed by atoms with van der Waals surface area (Å²) in [5, 5.41) is 4.13. The fourth-order valence-electron chi connectivity index (χ4n) is 8.54. The van der Waals surface area contributed by atoms with Crippen LogP contribution in [-0.2, 0) is 23.1 Å². The summed E-state index contributed by atoms with van der Waals surface area (Å²) in [6.45, 7) is 5.51. The van der Waals surface area contributed by atoms with Crippen molar-refractivity contribution in [2.75, 3.05) is 18.7 Å². The number of amides is 1. The highest BCUT2D eigenvalue weighted by atomic mass is 35.5. The minimum absolute atomic E-state index is 0.0795. The van der Waals surface area contributed by atoms with Gasteiger partial charge in [0, 0.05) is 28.2 Å². The van der Waals surface area contributed by atoms with Gasteiger partial charge in [0.1, 0.15) is 11.3 Å². The predicted octanol–water partition coefficient (Wildman–Crippen LogP) is 7.33. The van der Waals surface area contributed by atoms with Gasteiger partial charge < -0.3 is 25.3 Å². The van der Waals surface area contributed by atoms with Crippen molar-refractivity contribution in [3.8, 4) is 17.2 Å². The molecule has 3 aliphatic carbocycles. The van der Waals surface area contributed by atoms with Crippen molar-refractivity contribution >= 4 is 23.2 Å². The van der Waals surface area contributed by atoms with E-state index in [0.717, 1.165) is 55.0 Å². The summed E-state index contributed by atoms with van der Waals surface area (Å²) in [6.07, 6.45) is 10.3. The van der Waals surface area contributed by atoms with Crippen LogP contribution in [0.15, 0.2) is 48.7 Å². The van der Waals surface area contributed by atoms with E-state index >= 15 is 0 Å². The van der Waals surface area contributed by atoms with Crippen LogP contribution >= 0.6 is 11.6 Å². The molecule has 1 fully saturated rings. The van der Waals surface area contributed by atoms with Gasteiger partial charge in [-0.05, 0) is 128 Å². The SMILES string of the molecule is C[C@@H](COc1ccnc2c1[C@H](C)CCC2)CC1Cc2cc3c(cc2C12CCC(Nc1cccc(Cl)c1)(C(N)=O)CC2)OCO3. The molecule has 2 heterocycles. The van der Waals surface area contributed by atoms with E-state index in [2.05, 4.69) is 36.3 Å². The predicted molar refractivity (Wildman–Crippen MR) is 172 cm³/mol. The van der Waals surface area contributed by atoms with E-state index < -0.39 is 5.54 Å². The van der Waals surface area contributed by atoms with Crippen LogP contribution in [-0.4, -0.2) is 29.8 Å².